The second-order valence-corrected chi connectivity index (χ2v) is 5.74. The third-order valence-electron chi connectivity index (χ3n) is 4.30. The molecule has 1 amide bonds. The van der Waals surface area contributed by atoms with Crippen LogP contribution < -0.4 is 16.0 Å². The predicted molar refractivity (Wildman–Crippen MR) is 79.1 cm³/mol. The number of nitrogens with zero attached hydrogens (tertiary/aromatic N) is 3. The maximum Gasteiger partial charge on any atom is 0.246 e. The third-order valence-corrected chi connectivity index (χ3v) is 4.30. The molecule has 3 rings (SSSR count). The van der Waals surface area contributed by atoms with Crippen molar-refractivity contribution in [2.45, 2.75) is 32.3 Å². The van der Waals surface area contributed by atoms with E-state index in [1.807, 2.05) is 6.92 Å². The number of carbonyl (C=O) groups excluding carboxylic acids is 1. The molecule has 3 heterocycles. The lowest BCUT2D eigenvalue weighted by Crippen LogP contribution is -2.54. The van der Waals surface area contributed by atoms with E-state index in [1.165, 1.54) is 0 Å². The molecule has 1 aromatic rings. The normalized spacial score (nSPS) is 25.4. The van der Waals surface area contributed by atoms with Crippen LogP contribution in [0, 0.1) is 6.92 Å². The molecule has 0 saturated carbocycles. The van der Waals surface area contributed by atoms with Gasteiger partial charge in [0.05, 0.1) is 6.54 Å². The molecule has 0 bridgehead atoms. The molecule has 2 aliphatic rings. The van der Waals surface area contributed by atoms with E-state index in [1.54, 1.807) is 0 Å². The fourth-order valence-corrected chi connectivity index (χ4v) is 3.15. The molecule has 7 nitrogen and oxygen atoms in total. The summed E-state index contributed by atoms with van der Waals surface area (Å²) in [5, 5.41) is 2.89. The van der Waals surface area contributed by atoms with E-state index in [9.17, 15) is 4.79 Å². The van der Waals surface area contributed by atoms with Crippen LogP contribution in [-0.2, 0) is 16.0 Å². The molecule has 2 aliphatic heterocycles. The van der Waals surface area contributed by atoms with Gasteiger partial charge in [-0.25, -0.2) is 4.98 Å². The van der Waals surface area contributed by atoms with Gasteiger partial charge in [-0.15, -0.1) is 0 Å². The number of amides is 1. The molecule has 3 N–H and O–H groups in total. The van der Waals surface area contributed by atoms with E-state index in [2.05, 4.69) is 27.1 Å². The monoisotopic (exact) mass is 291 g/mol. The highest BCUT2D eigenvalue weighted by molar-refractivity contribution is 5.78. The number of morpholine rings is 1. The zero-order chi connectivity index (χ0) is 15.0. The predicted octanol–water partition coefficient (Wildman–Crippen LogP) is 0.0249. The smallest absolute Gasteiger partial charge is 0.246 e. The molecule has 0 aromatic carbocycles. The fourth-order valence-electron chi connectivity index (χ4n) is 3.15. The van der Waals surface area contributed by atoms with Crippen molar-refractivity contribution in [2.75, 3.05) is 36.9 Å². The van der Waals surface area contributed by atoms with E-state index >= 15 is 0 Å². The molecule has 1 aromatic heterocycles. The number of hydrogen-bond donors (Lipinski definition) is 2. The van der Waals surface area contributed by atoms with E-state index < -0.39 is 0 Å². The molecule has 2 saturated heterocycles. The van der Waals surface area contributed by atoms with Gasteiger partial charge in [-0.2, -0.15) is 4.98 Å². The third kappa shape index (κ3) is 2.53. The first-order valence-electron chi connectivity index (χ1n) is 7.31. The van der Waals surface area contributed by atoms with Gasteiger partial charge in [-0.05, 0) is 19.8 Å². The summed E-state index contributed by atoms with van der Waals surface area (Å²) >= 11 is 0. The van der Waals surface area contributed by atoms with Gasteiger partial charge < -0.3 is 20.7 Å². The molecule has 2 fully saturated rings. The Morgan fingerprint density at radius 3 is 2.95 bits per heavy atom. The first kappa shape index (κ1) is 14.1. The number of aryl methyl sites for hydroxylation is 1. The fraction of sp³-hybridized carbons (Fsp3) is 0.643. The van der Waals surface area contributed by atoms with Crippen LogP contribution in [0.3, 0.4) is 0 Å². The minimum atomic E-state index is -0.299. The van der Waals surface area contributed by atoms with Crippen molar-refractivity contribution in [3.05, 3.63) is 11.3 Å². The van der Waals surface area contributed by atoms with Crippen LogP contribution in [0.4, 0.5) is 11.8 Å². The Morgan fingerprint density at radius 2 is 2.29 bits per heavy atom. The van der Waals surface area contributed by atoms with Gasteiger partial charge in [-0.3, -0.25) is 4.79 Å². The van der Waals surface area contributed by atoms with Crippen molar-refractivity contribution in [3.8, 4) is 0 Å². The van der Waals surface area contributed by atoms with E-state index in [-0.39, 0.29) is 18.1 Å². The Hall–Kier alpha value is -1.89. The zero-order valence-corrected chi connectivity index (χ0v) is 12.5. The lowest BCUT2D eigenvalue weighted by molar-refractivity contribution is -0.141. The number of nitrogens with two attached hydrogens (primary N) is 1. The summed E-state index contributed by atoms with van der Waals surface area (Å²) in [4.78, 5) is 22.1. The average Bonchev–Trinajstić information content (AvgIpc) is 2.86. The lowest BCUT2D eigenvalue weighted by atomic mass is 10.0. The van der Waals surface area contributed by atoms with E-state index in [0.29, 0.717) is 12.5 Å². The standard InChI is InChI=1S/C14H21N5O2/c1-3-10-9(2)17-13(15)18-12(10)19-5-4-14(8-19)7-16-11(20)6-21-14/h3-8H2,1-2H3,(H,16,20)(H2,15,17,18). The number of aromatic nitrogens is 2. The molecule has 1 atom stereocenters. The summed E-state index contributed by atoms with van der Waals surface area (Å²) in [5.41, 5.74) is 7.56. The van der Waals surface area contributed by atoms with Gasteiger partial charge in [0, 0.05) is 24.3 Å². The van der Waals surface area contributed by atoms with Crippen LogP contribution in [0.5, 0.6) is 0 Å². The van der Waals surface area contributed by atoms with Gasteiger partial charge in [0.15, 0.2) is 0 Å². The number of ether oxygens (including phenoxy) is 1. The number of hydrogen-bond acceptors (Lipinski definition) is 6. The van der Waals surface area contributed by atoms with Crippen molar-refractivity contribution in [1.82, 2.24) is 15.3 Å². The molecule has 21 heavy (non-hydrogen) atoms. The van der Waals surface area contributed by atoms with Gasteiger partial charge in [0.2, 0.25) is 11.9 Å². The first-order chi connectivity index (χ1) is 10.0. The highest BCUT2D eigenvalue weighted by Crippen LogP contribution is 2.32. The number of nitrogens with one attached hydrogen (secondary N) is 1. The molecule has 7 heteroatoms. The van der Waals surface area contributed by atoms with Crippen molar-refractivity contribution in [3.63, 3.8) is 0 Å². The quantitative estimate of drug-likeness (QED) is 0.798. The van der Waals surface area contributed by atoms with Crippen LogP contribution >= 0.6 is 0 Å². The number of carbonyl (C=O) groups is 1. The van der Waals surface area contributed by atoms with Gasteiger partial charge in [-0.1, -0.05) is 6.92 Å². The van der Waals surface area contributed by atoms with Crippen LogP contribution in [0.25, 0.3) is 0 Å². The average molecular weight is 291 g/mol. The second-order valence-electron chi connectivity index (χ2n) is 5.74. The summed E-state index contributed by atoms with van der Waals surface area (Å²) in [6, 6.07) is 0. The topological polar surface area (TPSA) is 93.4 Å². The summed E-state index contributed by atoms with van der Waals surface area (Å²) in [5.74, 6) is 1.16. The lowest BCUT2D eigenvalue weighted by Gasteiger charge is -2.33. The molecular weight excluding hydrogens is 270 g/mol. The Bertz CT molecular complexity index is 565. The maximum absolute atomic E-state index is 11.3. The summed E-state index contributed by atoms with van der Waals surface area (Å²) < 4.78 is 5.80. The summed E-state index contributed by atoms with van der Waals surface area (Å²) in [7, 11) is 0. The van der Waals surface area contributed by atoms with Gasteiger partial charge >= 0.3 is 0 Å². The number of nitrogen functional groups attached to an aromatic ring is 1. The Labute approximate surface area is 123 Å². The maximum atomic E-state index is 11.3. The summed E-state index contributed by atoms with van der Waals surface area (Å²) in [6.45, 7) is 6.32. The van der Waals surface area contributed by atoms with E-state index in [4.69, 9.17) is 10.5 Å². The molecule has 114 valence electrons. The Balaban J connectivity index is 1.85. The molecule has 0 aliphatic carbocycles. The highest BCUT2D eigenvalue weighted by atomic mass is 16.5. The SMILES string of the molecule is CCc1c(C)nc(N)nc1N1CCC2(CNC(=O)CO2)C1. The van der Waals surface area contributed by atoms with Crippen LogP contribution in [0.1, 0.15) is 24.6 Å². The Kier molecular flexibility index (Phi) is 3.44. The van der Waals surface area contributed by atoms with E-state index in [0.717, 1.165) is 43.0 Å². The highest BCUT2D eigenvalue weighted by Gasteiger charge is 2.43. The van der Waals surface area contributed by atoms with Gasteiger partial charge in [0.1, 0.15) is 18.0 Å². The van der Waals surface area contributed by atoms with Gasteiger partial charge in [0.25, 0.3) is 0 Å². The van der Waals surface area contributed by atoms with Crippen molar-refractivity contribution < 1.29 is 9.53 Å². The number of rotatable bonds is 2. The minimum absolute atomic E-state index is 0.0459. The number of anilines is 2. The molecule has 0 radical (unpaired) electrons. The zero-order valence-electron chi connectivity index (χ0n) is 12.5. The van der Waals surface area contributed by atoms with Crippen LogP contribution in [0.15, 0.2) is 0 Å². The first-order valence-corrected chi connectivity index (χ1v) is 7.31. The van der Waals surface area contributed by atoms with Crippen LogP contribution in [-0.4, -0.2) is 47.7 Å². The van der Waals surface area contributed by atoms with Crippen molar-refractivity contribution in [1.29, 1.82) is 0 Å². The van der Waals surface area contributed by atoms with Crippen molar-refractivity contribution in [2.24, 2.45) is 0 Å². The summed E-state index contributed by atoms with van der Waals surface area (Å²) in [6.07, 6.45) is 1.74. The minimum Gasteiger partial charge on any atom is -0.368 e. The van der Waals surface area contributed by atoms with Crippen LogP contribution in [0.2, 0.25) is 0 Å². The largest absolute Gasteiger partial charge is 0.368 e. The molecule has 1 unspecified atom stereocenters. The Morgan fingerprint density at radius 1 is 1.48 bits per heavy atom. The van der Waals surface area contributed by atoms with Crippen molar-refractivity contribution >= 4 is 17.7 Å². The second kappa shape index (κ2) is 5.14. The molecule has 1 spiro atoms. The molecular formula is C14H21N5O2.